The van der Waals surface area contributed by atoms with Crippen molar-refractivity contribution in [3.8, 4) is 0 Å². The largest absolute Gasteiger partial charge is 0.388 e. The molecule has 2 rings (SSSR count). The van der Waals surface area contributed by atoms with E-state index in [1.165, 1.54) is 11.1 Å². The summed E-state index contributed by atoms with van der Waals surface area (Å²) < 4.78 is 0. The molecule has 0 spiro atoms. The van der Waals surface area contributed by atoms with E-state index in [0.717, 1.165) is 0 Å². The van der Waals surface area contributed by atoms with Gasteiger partial charge in [-0.1, -0.05) is 13.8 Å². The first-order chi connectivity index (χ1) is 9.14. The summed E-state index contributed by atoms with van der Waals surface area (Å²) >= 11 is 0. The van der Waals surface area contributed by atoms with Crippen LogP contribution in [0.1, 0.15) is 31.3 Å². The summed E-state index contributed by atoms with van der Waals surface area (Å²) in [7, 11) is 3.36. The molecule has 1 saturated heterocycles. The number of β-amino-alcohol motifs (C(OH)–C–C–N with tert-alkyl or cyclic N) is 1. The highest BCUT2D eigenvalue weighted by Crippen LogP contribution is 2.39. The Balaban J connectivity index is 2.28. The summed E-state index contributed by atoms with van der Waals surface area (Å²) in [4.78, 5) is 23.8. The van der Waals surface area contributed by atoms with Crippen LogP contribution >= 0.6 is 0 Å². The predicted octanol–water partition coefficient (Wildman–Crippen LogP) is 0.776. The topological polar surface area (TPSA) is 69.6 Å². The van der Waals surface area contributed by atoms with Gasteiger partial charge in [0, 0.05) is 32.6 Å². The van der Waals surface area contributed by atoms with Crippen molar-refractivity contribution in [1.29, 1.82) is 0 Å². The lowest BCUT2D eigenvalue weighted by Gasteiger charge is -2.30. The zero-order valence-electron chi connectivity index (χ0n) is 12.7. The molecule has 0 radical (unpaired) electrons. The van der Waals surface area contributed by atoms with Gasteiger partial charge in [0.05, 0.1) is 18.0 Å². The molecule has 0 bridgehead atoms. The van der Waals surface area contributed by atoms with Gasteiger partial charge >= 0.3 is 0 Å². The molecule has 6 nitrogen and oxygen atoms in total. The first kappa shape index (κ1) is 14.7. The number of hydrogen-bond acceptors (Lipinski definition) is 5. The van der Waals surface area contributed by atoms with Crippen LogP contribution in [-0.2, 0) is 0 Å². The van der Waals surface area contributed by atoms with Gasteiger partial charge < -0.3 is 14.9 Å². The fourth-order valence-electron chi connectivity index (χ4n) is 2.29. The lowest BCUT2D eigenvalue weighted by atomic mass is 9.79. The first-order valence-corrected chi connectivity index (χ1v) is 6.65. The quantitative estimate of drug-likeness (QED) is 0.865. The van der Waals surface area contributed by atoms with Gasteiger partial charge in [0.1, 0.15) is 11.5 Å². The van der Waals surface area contributed by atoms with Crippen molar-refractivity contribution in [2.75, 3.05) is 32.1 Å². The van der Waals surface area contributed by atoms with Crippen LogP contribution in [0.15, 0.2) is 12.4 Å². The summed E-state index contributed by atoms with van der Waals surface area (Å²) in [6, 6.07) is 0. The first-order valence-electron chi connectivity index (χ1n) is 6.65. The molecule has 110 valence electrons. The number of carbonyl (C=O) groups is 1. The van der Waals surface area contributed by atoms with E-state index in [9.17, 15) is 9.90 Å². The standard InChI is InChI=1S/C14H22N4O2/c1-13(2)8-18(9-14(13,3)20)11-7-15-6-10(16-11)12(19)17(4)5/h6-7,20H,8-9H2,1-5H3/t14-/m1/s1. The zero-order valence-corrected chi connectivity index (χ0v) is 12.7. The van der Waals surface area contributed by atoms with E-state index < -0.39 is 5.60 Å². The van der Waals surface area contributed by atoms with Crippen LogP contribution < -0.4 is 4.90 Å². The smallest absolute Gasteiger partial charge is 0.273 e. The van der Waals surface area contributed by atoms with Crippen molar-refractivity contribution in [3.05, 3.63) is 18.1 Å². The summed E-state index contributed by atoms with van der Waals surface area (Å²) in [5, 5.41) is 10.5. The molecular weight excluding hydrogens is 256 g/mol. The molecule has 0 aromatic carbocycles. The maximum atomic E-state index is 11.9. The Hall–Kier alpha value is -1.69. The molecule has 0 aliphatic carbocycles. The minimum absolute atomic E-state index is 0.176. The van der Waals surface area contributed by atoms with Crippen LogP contribution in [0.4, 0.5) is 5.82 Å². The zero-order chi connectivity index (χ0) is 15.1. The molecule has 1 amide bonds. The molecule has 6 heteroatoms. The van der Waals surface area contributed by atoms with Crippen LogP contribution in [0, 0.1) is 5.41 Å². The summed E-state index contributed by atoms with van der Waals surface area (Å²) in [5.41, 5.74) is -0.719. The molecule has 2 heterocycles. The number of aliphatic hydroxyl groups is 1. The lowest BCUT2D eigenvalue weighted by Crippen LogP contribution is -2.40. The van der Waals surface area contributed by atoms with E-state index in [1.807, 2.05) is 25.7 Å². The van der Waals surface area contributed by atoms with Crippen LogP contribution in [0.25, 0.3) is 0 Å². The maximum Gasteiger partial charge on any atom is 0.273 e. The Morgan fingerprint density at radius 2 is 1.95 bits per heavy atom. The Kier molecular flexibility index (Phi) is 3.46. The summed E-state index contributed by atoms with van der Waals surface area (Å²) in [5.74, 6) is 0.452. The van der Waals surface area contributed by atoms with Crippen LogP contribution in [0.5, 0.6) is 0 Å². The van der Waals surface area contributed by atoms with Gasteiger partial charge in [-0.2, -0.15) is 0 Å². The second kappa shape index (κ2) is 4.70. The Morgan fingerprint density at radius 1 is 1.30 bits per heavy atom. The highest BCUT2D eigenvalue weighted by atomic mass is 16.3. The molecule has 1 N–H and O–H groups in total. The average molecular weight is 278 g/mol. The van der Waals surface area contributed by atoms with E-state index in [2.05, 4.69) is 9.97 Å². The number of aromatic nitrogens is 2. The van der Waals surface area contributed by atoms with Crippen molar-refractivity contribution >= 4 is 11.7 Å². The van der Waals surface area contributed by atoms with Crippen LogP contribution in [0.2, 0.25) is 0 Å². The van der Waals surface area contributed by atoms with Gasteiger partial charge in [0.2, 0.25) is 0 Å². The normalized spacial score (nSPS) is 24.8. The van der Waals surface area contributed by atoms with E-state index in [4.69, 9.17) is 0 Å². The van der Waals surface area contributed by atoms with Gasteiger partial charge in [-0.15, -0.1) is 0 Å². The van der Waals surface area contributed by atoms with Crippen molar-refractivity contribution in [2.24, 2.45) is 5.41 Å². The Morgan fingerprint density at radius 3 is 2.45 bits per heavy atom. The number of carbonyl (C=O) groups excluding carboxylic acids is 1. The lowest BCUT2D eigenvalue weighted by molar-refractivity contribution is -0.00891. The number of hydrogen-bond donors (Lipinski definition) is 1. The number of rotatable bonds is 2. The molecule has 1 atom stereocenters. The fourth-order valence-corrected chi connectivity index (χ4v) is 2.29. The molecule has 1 aliphatic rings. The Bertz CT molecular complexity index is 510. The van der Waals surface area contributed by atoms with Crippen molar-refractivity contribution in [2.45, 2.75) is 26.4 Å². The van der Waals surface area contributed by atoms with Crippen LogP contribution in [-0.4, -0.2) is 58.7 Å². The molecule has 1 fully saturated rings. The Labute approximate surface area is 119 Å². The minimum atomic E-state index is -0.795. The molecule has 0 unspecified atom stereocenters. The average Bonchev–Trinajstić information content (AvgIpc) is 2.57. The summed E-state index contributed by atoms with van der Waals surface area (Å²) in [6.45, 7) is 7.03. The van der Waals surface area contributed by atoms with Gasteiger partial charge in [0.25, 0.3) is 5.91 Å². The molecule has 0 saturated carbocycles. The predicted molar refractivity (Wildman–Crippen MR) is 76.7 cm³/mol. The van der Waals surface area contributed by atoms with Crippen molar-refractivity contribution in [3.63, 3.8) is 0 Å². The van der Waals surface area contributed by atoms with Crippen molar-refractivity contribution in [1.82, 2.24) is 14.9 Å². The van der Waals surface area contributed by atoms with Gasteiger partial charge in [-0.25, -0.2) is 4.98 Å². The molecule has 1 aromatic rings. The SMILES string of the molecule is CN(C)C(=O)c1cncc(N2CC(C)(C)[C@](C)(O)C2)n1. The highest BCUT2D eigenvalue weighted by Gasteiger charge is 2.48. The van der Waals surface area contributed by atoms with E-state index in [1.54, 1.807) is 20.3 Å². The second-order valence-corrected chi connectivity index (χ2v) is 6.48. The number of anilines is 1. The minimum Gasteiger partial charge on any atom is -0.388 e. The van der Waals surface area contributed by atoms with Crippen molar-refractivity contribution < 1.29 is 9.90 Å². The molecule has 1 aliphatic heterocycles. The number of nitrogens with zero attached hydrogens (tertiary/aromatic N) is 4. The monoisotopic (exact) mass is 278 g/mol. The second-order valence-electron chi connectivity index (χ2n) is 6.48. The highest BCUT2D eigenvalue weighted by molar-refractivity contribution is 5.91. The fraction of sp³-hybridized carbons (Fsp3) is 0.643. The van der Waals surface area contributed by atoms with Gasteiger partial charge in [-0.05, 0) is 6.92 Å². The molecule has 20 heavy (non-hydrogen) atoms. The maximum absolute atomic E-state index is 11.9. The number of amides is 1. The molecular formula is C14H22N4O2. The third-order valence-corrected chi connectivity index (χ3v) is 4.11. The van der Waals surface area contributed by atoms with E-state index in [0.29, 0.717) is 24.6 Å². The third kappa shape index (κ3) is 2.47. The molecule has 1 aromatic heterocycles. The third-order valence-electron chi connectivity index (χ3n) is 4.11. The van der Waals surface area contributed by atoms with Gasteiger partial charge in [0.15, 0.2) is 0 Å². The van der Waals surface area contributed by atoms with E-state index >= 15 is 0 Å². The summed E-state index contributed by atoms with van der Waals surface area (Å²) in [6.07, 6.45) is 3.09. The van der Waals surface area contributed by atoms with Gasteiger partial charge in [-0.3, -0.25) is 9.78 Å². The van der Waals surface area contributed by atoms with Crippen LogP contribution in [0.3, 0.4) is 0 Å². The van der Waals surface area contributed by atoms with E-state index in [-0.39, 0.29) is 11.3 Å².